The van der Waals surface area contributed by atoms with E-state index in [4.69, 9.17) is 0 Å². The van der Waals surface area contributed by atoms with E-state index in [2.05, 4.69) is 15.3 Å². The molecule has 1 unspecified atom stereocenters. The van der Waals surface area contributed by atoms with Gasteiger partial charge >= 0.3 is 5.97 Å². The van der Waals surface area contributed by atoms with Crippen LogP contribution in [0.3, 0.4) is 0 Å². The molecule has 21 heavy (non-hydrogen) atoms. The van der Waals surface area contributed by atoms with Crippen molar-refractivity contribution in [3.05, 3.63) is 53.1 Å². The van der Waals surface area contributed by atoms with E-state index < -0.39 is 5.97 Å². The monoisotopic (exact) mass is 289 g/mol. The summed E-state index contributed by atoms with van der Waals surface area (Å²) >= 11 is 0. The average Bonchev–Trinajstić information content (AvgIpc) is 2.48. The first kappa shape index (κ1) is 14.9. The minimum absolute atomic E-state index is 0.0867. The summed E-state index contributed by atoms with van der Waals surface area (Å²) in [4.78, 5) is 19.4. The Bertz CT molecular complexity index is 644. The van der Waals surface area contributed by atoms with Crippen LogP contribution in [0.5, 0.6) is 0 Å². The Kier molecular flexibility index (Phi) is 4.47. The summed E-state index contributed by atoms with van der Waals surface area (Å²) in [5.41, 5.74) is 1.47. The Morgan fingerprint density at radius 1 is 1.38 bits per heavy atom. The van der Waals surface area contributed by atoms with Crippen LogP contribution < -0.4 is 5.32 Å². The summed E-state index contributed by atoms with van der Waals surface area (Å²) in [6.07, 6.45) is 1.87. The van der Waals surface area contributed by atoms with E-state index >= 15 is 0 Å². The number of nitrogens with one attached hydrogen (secondary N) is 1. The standard InChI is InChI=1S/C15H16FN3O2/c1-9(7-10-3-5-11(16)6-4-10)13-12(14(20)21)8-18-15(17-2)19-13/h3-6,8-9H,7H2,1-2H3,(H,20,21)(H,17,18,19). The second-order valence-electron chi connectivity index (χ2n) is 4.78. The van der Waals surface area contributed by atoms with E-state index in [-0.39, 0.29) is 17.3 Å². The second-order valence-corrected chi connectivity index (χ2v) is 4.78. The van der Waals surface area contributed by atoms with Crippen molar-refractivity contribution < 1.29 is 14.3 Å². The largest absolute Gasteiger partial charge is 0.478 e. The minimum Gasteiger partial charge on any atom is -0.478 e. The van der Waals surface area contributed by atoms with Gasteiger partial charge in [0.05, 0.1) is 11.3 Å². The van der Waals surface area contributed by atoms with Gasteiger partial charge in [-0.1, -0.05) is 19.1 Å². The summed E-state index contributed by atoms with van der Waals surface area (Å²) in [6, 6.07) is 6.15. The van der Waals surface area contributed by atoms with Gasteiger partial charge in [0, 0.05) is 19.2 Å². The molecule has 0 saturated carbocycles. The van der Waals surface area contributed by atoms with Gasteiger partial charge in [-0.2, -0.15) is 0 Å². The number of carboxylic acids is 1. The molecule has 2 rings (SSSR count). The van der Waals surface area contributed by atoms with Crippen molar-refractivity contribution in [2.75, 3.05) is 12.4 Å². The Labute approximate surface area is 121 Å². The average molecular weight is 289 g/mol. The SMILES string of the molecule is CNc1ncc(C(=O)O)c(C(C)Cc2ccc(F)cc2)n1. The minimum atomic E-state index is -1.06. The van der Waals surface area contributed by atoms with Gasteiger partial charge in [0.1, 0.15) is 5.82 Å². The lowest BCUT2D eigenvalue weighted by atomic mass is 9.95. The number of hydrogen-bond acceptors (Lipinski definition) is 4. The summed E-state index contributed by atoms with van der Waals surface area (Å²) in [5, 5.41) is 12.0. The number of halogens is 1. The molecule has 0 amide bonds. The fourth-order valence-corrected chi connectivity index (χ4v) is 2.13. The van der Waals surface area contributed by atoms with Crippen LogP contribution in [0, 0.1) is 5.82 Å². The number of nitrogens with zero attached hydrogens (tertiary/aromatic N) is 2. The number of carboxylic acid groups (broad SMARTS) is 1. The van der Waals surface area contributed by atoms with E-state index in [0.717, 1.165) is 5.56 Å². The normalized spacial score (nSPS) is 12.0. The lowest BCUT2D eigenvalue weighted by Crippen LogP contribution is -2.12. The molecule has 0 aliphatic carbocycles. The predicted molar refractivity (Wildman–Crippen MR) is 77.1 cm³/mol. The summed E-state index contributed by atoms with van der Waals surface area (Å²) < 4.78 is 12.9. The molecule has 0 radical (unpaired) electrons. The van der Waals surface area contributed by atoms with Crippen LogP contribution in [0.4, 0.5) is 10.3 Å². The molecule has 2 N–H and O–H groups in total. The number of carbonyl (C=O) groups is 1. The van der Waals surface area contributed by atoms with E-state index in [0.29, 0.717) is 18.1 Å². The van der Waals surface area contributed by atoms with Crippen LogP contribution in [-0.4, -0.2) is 28.1 Å². The zero-order chi connectivity index (χ0) is 15.4. The third-order valence-electron chi connectivity index (χ3n) is 3.19. The molecule has 110 valence electrons. The first-order valence-electron chi connectivity index (χ1n) is 6.53. The zero-order valence-corrected chi connectivity index (χ0v) is 11.8. The highest BCUT2D eigenvalue weighted by Gasteiger charge is 2.19. The van der Waals surface area contributed by atoms with Crippen molar-refractivity contribution in [3.63, 3.8) is 0 Å². The quantitative estimate of drug-likeness (QED) is 0.885. The summed E-state index contributed by atoms with van der Waals surface area (Å²) in [5.74, 6) is -1.10. The van der Waals surface area contributed by atoms with E-state index in [9.17, 15) is 14.3 Å². The van der Waals surface area contributed by atoms with Gasteiger partial charge < -0.3 is 10.4 Å². The number of aromatic carboxylic acids is 1. The lowest BCUT2D eigenvalue weighted by molar-refractivity contribution is 0.0694. The van der Waals surface area contributed by atoms with Gasteiger partial charge in [-0.3, -0.25) is 0 Å². The van der Waals surface area contributed by atoms with Gasteiger partial charge in [-0.05, 0) is 24.1 Å². The molecule has 5 nitrogen and oxygen atoms in total. The van der Waals surface area contributed by atoms with E-state index in [1.807, 2.05) is 6.92 Å². The Morgan fingerprint density at radius 2 is 2.05 bits per heavy atom. The molecule has 0 bridgehead atoms. The number of anilines is 1. The van der Waals surface area contributed by atoms with Crippen molar-refractivity contribution in [2.24, 2.45) is 0 Å². The van der Waals surface area contributed by atoms with Gasteiger partial charge in [0.2, 0.25) is 5.95 Å². The first-order chi connectivity index (χ1) is 10.0. The smallest absolute Gasteiger partial charge is 0.339 e. The van der Waals surface area contributed by atoms with Crippen molar-refractivity contribution in [1.82, 2.24) is 9.97 Å². The highest BCUT2D eigenvalue weighted by atomic mass is 19.1. The van der Waals surface area contributed by atoms with Crippen molar-refractivity contribution in [1.29, 1.82) is 0 Å². The molecule has 0 saturated heterocycles. The molecule has 0 aliphatic heterocycles. The van der Waals surface area contributed by atoms with Gasteiger partial charge in [0.25, 0.3) is 0 Å². The fraction of sp³-hybridized carbons (Fsp3) is 0.267. The summed E-state index contributed by atoms with van der Waals surface area (Å²) in [7, 11) is 1.67. The van der Waals surface area contributed by atoms with E-state index in [1.165, 1.54) is 18.3 Å². The fourth-order valence-electron chi connectivity index (χ4n) is 2.13. The number of rotatable bonds is 5. The maximum absolute atomic E-state index is 12.9. The zero-order valence-electron chi connectivity index (χ0n) is 11.8. The highest BCUT2D eigenvalue weighted by Crippen LogP contribution is 2.23. The number of benzene rings is 1. The molecule has 1 atom stereocenters. The van der Waals surface area contributed by atoms with E-state index in [1.54, 1.807) is 19.2 Å². The van der Waals surface area contributed by atoms with Crippen LogP contribution in [0.1, 0.15) is 34.5 Å². The molecule has 2 aromatic rings. The molecule has 1 aromatic carbocycles. The third kappa shape index (κ3) is 3.53. The van der Waals surface area contributed by atoms with Crippen molar-refractivity contribution in [2.45, 2.75) is 19.3 Å². The van der Waals surface area contributed by atoms with Crippen LogP contribution in [0.2, 0.25) is 0 Å². The molecular formula is C15H16FN3O2. The maximum Gasteiger partial charge on any atom is 0.339 e. The molecule has 0 fully saturated rings. The molecular weight excluding hydrogens is 273 g/mol. The second kappa shape index (κ2) is 6.30. The topological polar surface area (TPSA) is 75.1 Å². The predicted octanol–water partition coefficient (Wildman–Crippen LogP) is 2.70. The molecule has 0 aliphatic rings. The third-order valence-corrected chi connectivity index (χ3v) is 3.19. The highest BCUT2D eigenvalue weighted by molar-refractivity contribution is 5.88. The van der Waals surface area contributed by atoms with Crippen LogP contribution in [-0.2, 0) is 6.42 Å². The molecule has 6 heteroatoms. The van der Waals surface area contributed by atoms with Crippen LogP contribution in [0.25, 0.3) is 0 Å². The van der Waals surface area contributed by atoms with Gasteiger partial charge in [-0.25, -0.2) is 19.2 Å². The van der Waals surface area contributed by atoms with Crippen LogP contribution in [0.15, 0.2) is 30.5 Å². The molecule has 1 heterocycles. The van der Waals surface area contributed by atoms with Crippen molar-refractivity contribution >= 4 is 11.9 Å². The summed E-state index contributed by atoms with van der Waals surface area (Å²) in [6.45, 7) is 1.89. The van der Waals surface area contributed by atoms with Crippen molar-refractivity contribution in [3.8, 4) is 0 Å². The first-order valence-corrected chi connectivity index (χ1v) is 6.53. The maximum atomic E-state index is 12.9. The lowest BCUT2D eigenvalue weighted by Gasteiger charge is -2.14. The Balaban J connectivity index is 2.30. The Morgan fingerprint density at radius 3 is 2.62 bits per heavy atom. The molecule has 0 spiro atoms. The van der Waals surface area contributed by atoms with Crippen LogP contribution >= 0.6 is 0 Å². The molecule has 1 aromatic heterocycles. The van der Waals surface area contributed by atoms with Gasteiger partial charge in [-0.15, -0.1) is 0 Å². The van der Waals surface area contributed by atoms with Gasteiger partial charge in [0.15, 0.2) is 0 Å². The number of aromatic nitrogens is 2. The number of hydrogen-bond donors (Lipinski definition) is 2. The Hall–Kier alpha value is -2.50.